The third-order valence-electron chi connectivity index (χ3n) is 2.71. The number of nitriles is 1. The molecule has 1 atom stereocenters. The predicted molar refractivity (Wildman–Crippen MR) is 77.0 cm³/mol. The zero-order valence-corrected chi connectivity index (χ0v) is 11.4. The van der Waals surface area contributed by atoms with Crippen LogP contribution in [-0.4, -0.2) is 6.04 Å². The van der Waals surface area contributed by atoms with Gasteiger partial charge in [-0.2, -0.15) is 5.26 Å². The minimum Gasteiger partial charge on any atom is -0.382 e. The van der Waals surface area contributed by atoms with Gasteiger partial charge in [-0.25, -0.2) is 0 Å². The largest absolute Gasteiger partial charge is 0.382 e. The number of anilines is 1. The van der Waals surface area contributed by atoms with E-state index in [2.05, 4.69) is 37.4 Å². The highest BCUT2D eigenvalue weighted by atomic mass is 32.1. The van der Waals surface area contributed by atoms with Crippen molar-refractivity contribution in [1.82, 2.24) is 0 Å². The molecule has 0 aliphatic rings. The minimum atomic E-state index is 0.358. The molecule has 1 unspecified atom stereocenters. The Kier molecular flexibility index (Phi) is 4.01. The first kappa shape index (κ1) is 12.7. The number of nitrogens with zero attached hydrogens (tertiary/aromatic N) is 1. The Labute approximate surface area is 112 Å². The van der Waals surface area contributed by atoms with Crippen LogP contribution in [0.2, 0.25) is 0 Å². The van der Waals surface area contributed by atoms with Crippen molar-refractivity contribution in [2.75, 3.05) is 5.32 Å². The molecular weight excluding hydrogens is 240 g/mol. The first-order chi connectivity index (χ1) is 8.67. The standard InChI is InChI=1S/C15H16N2S/c1-11(8-15-7-6-12(2)18-15)17-14-5-3-4-13(9-14)10-16/h3-7,9,11,17H,8H2,1-2H3. The molecule has 2 aromatic rings. The van der Waals surface area contributed by atoms with Gasteiger partial charge in [-0.1, -0.05) is 6.07 Å². The van der Waals surface area contributed by atoms with Crippen LogP contribution in [0.1, 0.15) is 22.2 Å². The van der Waals surface area contributed by atoms with Gasteiger partial charge in [0.2, 0.25) is 0 Å². The number of thiophene rings is 1. The van der Waals surface area contributed by atoms with Crippen LogP contribution in [0, 0.1) is 18.3 Å². The van der Waals surface area contributed by atoms with E-state index in [4.69, 9.17) is 5.26 Å². The van der Waals surface area contributed by atoms with Gasteiger partial charge in [-0.05, 0) is 44.2 Å². The smallest absolute Gasteiger partial charge is 0.0992 e. The highest BCUT2D eigenvalue weighted by Gasteiger charge is 2.05. The molecule has 1 N–H and O–H groups in total. The third kappa shape index (κ3) is 3.35. The van der Waals surface area contributed by atoms with Gasteiger partial charge in [0, 0.05) is 27.9 Å². The molecule has 1 heterocycles. The number of benzene rings is 1. The maximum absolute atomic E-state index is 8.86. The first-order valence-corrected chi connectivity index (χ1v) is 6.81. The molecule has 1 aromatic carbocycles. The van der Waals surface area contributed by atoms with E-state index in [1.165, 1.54) is 9.75 Å². The molecule has 1 aromatic heterocycles. The number of aryl methyl sites for hydroxylation is 1. The van der Waals surface area contributed by atoms with E-state index in [0.717, 1.165) is 12.1 Å². The van der Waals surface area contributed by atoms with Crippen LogP contribution in [0.3, 0.4) is 0 Å². The fourth-order valence-corrected chi connectivity index (χ4v) is 2.93. The molecule has 18 heavy (non-hydrogen) atoms. The molecule has 0 radical (unpaired) electrons. The molecule has 2 rings (SSSR count). The number of nitrogens with one attached hydrogen (secondary N) is 1. The summed E-state index contributed by atoms with van der Waals surface area (Å²) < 4.78 is 0. The molecular formula is C15H16N2S. The van der Waals surface area contributed by atoms with Gasteiger partial charge in [0.1, 0.15) is 0 Å². The summed E-state index contributed by atoms with van der Waals surface area (Å²) in [6.45, 7) is 4.29. The lowest BCUT2D eigenvalue weighted by atomic mass is 10.1. The van der Waals surface area contributed by atoms with Crippen molar-refractivity contribution >= 4 is 17.0 Å². The Morgan fingerprint density at radius 1 is 1.33 bits per heavy atom. The van der Waals surface area contributed by atoms with E-state index < -0.39 is 0 Å². The van der Waals surface area contributed by atoms with Gasteiger partial charge in [-0.15, -0.1) is 11.3 Å². The predicted octanol–water partition coefficient (Wildman–Crippen LogP) is 3.97. The zero-order valence-electron chi connectivity index (χ0n) is 10.6. The monoisotopic (exact) mass is 256 g/mol. The summed E-state index contributed by atoms with van der Waals surface area (Å²) in [4.78, 5) is 2.74. The molecule has 0 amide bonds. The molecule has 2 nitrogen and oxygen atoms in total. The van der Waals surface area contributed by atoms with Crippen LogP contribution < -0.4 is 5.32 Å². The normalized spacial score (nSPS) is 11.8. The van der Waals surface area contributed by atoms with E-state index in [1.807, 2.05) is 35.6 Å². The summed E-state index contributed by atoms with van der Waals surface area (Å²) in [6.07, 6.45) is 1.01. The number of rotatable bonds is 4. The summed E-state index contributed by atoms with van der Waals surface area (Å²) in [5, 5.41) is 12.3. The van der Waals surface area contributed by atoms with Gasteiger partial charge in [0.05, 0.1) is 11.6 Å². The third-order valence-corrected chi connectivity index (χ3v) is 3.73. The number of hydrogen-bond acceptors (Lipinski definition) is 3. The topological polar surface area (TPSA) is 35.8 Å². The van der Waals surface area contributed by atoms with Crippen molar-refractivity contribution in [2.24, 2.45) is 0 Å². The SMILES string of the molecule is Cc1ccc(CC(C)Nc2cccc(C#N)c2)s1. The quantitative estimate of drug-likeness (QED) is 0.898. The van der Waals surface area contributed by atoms with E-state index in [0.29, 0.717) is 11.6 Å². The van der Waals surface area contributed by atoms with Crippen LogP contribution in [0.15, 0.2) is 36.4 Å². The van der Waals surface area contributed by atoms with Gasteiger partial charge in [0.25, 0.3) is 0 Å². The second-order valence-corrected chi connectivity index (χ2v) is 5.83. The molecule has 0 saturated heterocycles. The Morgan fingerprint density at radius 3 is 2.83 bits per heavy atom. The molecule has 0 aliphatic heterocycles. The number of hydrogen-bond donors (Lipinski definition) is 1. The van der Waals surface area contributed by atoms with Crippen LogP contribution in [0.25, 0.3) is 0 Å². The van der Waals surface area contributed by atoms with Crippen molar-refractivity contribution in [3.8, 4) is 6.07 Å². The van der Waals surface area contributed by atoms with Crippen LogP contribution >= 0.6 is 11.3 Å². The van der Waals surface area contributed by atoms with Gasteiger partial charge in [-0.3, -0.25) is 0 Å². The summed E-state index contributed by atoms with van der Waals surface area (Å²) in [7, 11) is 0. The second-order valence-electron chi connectivity index (χ2n) is 4.45. The maximum atomic E-state index is 8.86. The molecule has 0 spiro atoms. The Morgan fingerprint density at radius 2 is 2.17 bits per heavy atom. The van der Waals surface area contributed by atoms with E-state index in [1.54, 1.807) is 0 Å². The van der Waals surface area contributed by atoms with Crippen molar-refractivity contribution in [3.05, 3.63) is 51.7 Å². The first-order valence-electron chi connectivity index (χ1n) is 5.99. The minimum absolute atomic E-state index is 0.358. The average Bonchev–Trinajstić information content (AvgIpc) is 2.74. The summed E-state index contributed by atoms with van der Waals surface area (Å²) in [6, 6.07) is 14.5. The van der Waals surface area contributed by atoms with Gasteiger partial charge < -0.3 is 5.32 Å². The van der Waals surface area contributed by atoms with Crippen molar-refractivity contribution in [2.45, 2.75) is 26.3 Å². The maximum Gasteiger partial charge on any atom is 0.0992 e. The van der Waals surface area contributed by atoms with Crippen molar-refractivity contribution in [1.29, 1.82) is 5.26 Å². The van der Waals surface area contributed by atoms with Crippen molar-refractivity contribution in [3.63, 3.8) is 0 Å². The highest BCUT2D eigenvalue weighted by molar-refractivity contribution is 7.11. The summed E-state index contributed by atoms with van der Waals surface area (Å²) >= 11 is 1.84. The molecule has 0 fully saturated rings. The lowest BCUT2D eigenvalue weighted by Crippen LogP contribution is -2.17. The second kappa shape index (κ2) is 5.70. The molecule has 0 aliphatic carbocycles. The van der Waals surface area contributed by atoms with E-state index >= 15 is 0 Å². The fourth-order valence-electron chi connectivity index (χ4n) is 1.91. The zero-order chi connectivity index (χ0) is 13.0. The molecule has 92 valence electrons. The Hall–Kier alpha value is -1.79. The fraction of sp³-hybridized carbons (Fsp3) is 0.267. The Bertz CT molecular complexity index is 566. The average molecular weight is 256 g/mol. The van der Waals surface area contributed by atoms with Gasteiger partial charge in [0.15, 0.2) is 0 Å². The van der Waals surface area contributed by atoms with Crippen LogP contribution in [-0.2, 0) is 6.42 Å². The highest BCUT2D eigenvalue weighted by Crippen LogP contribution is 2.18. The van der Waals surface area contributed by atoms with Crippen LogP contribution in [0.4, 0.5) is 5.69 Å². The van der Waals surface area contributed by atoms with Gasteiger partial charge >= 0.3 is 0 Å². The lowest BCUT2D eigenvalue weighted by molar-refractivity contribution is 0.800. The summed E-state index contributed by atoms with van der Waals surface area (Å²) in [5.74, 6) is 0. The van der Waals surface area contributed by atoms with Crippen molar-refractivity contribution < 1.29 is 0 Å². The lowest BCUT2D eigenvalue weighted by Gasteiger charge is -2.14. The molecule has 0 bridgehead atoms. The molecule has 0 saturated carbocycles. The summed E-state index contributed by atoms with van der Waals surface area (Å²) in [5.41, 5.74) is 1.70. The van der Waals surface area contributed by atoms with E-state index in [9.17, 15) is 0 Å². The van der Waals surface area contributed by atoms with Crippen LogP contribution in [0.5, 0.6) is 0 Å². The van der Waals surface area contributed by atoms with E-state index in [-0.39, 0.29) is 0 Å². The Balaban J connectivity index is 1.98. The molecule has 3 heteroatoms.